The van der Waals surface area contributed by atoms with Gasteiger partial charge in [-0.25, -0.2) is 8.42 Å². The van der Waals surface area contributed by atoms with Gasteiger partial charge in [0.25, 0.3) is 0 Å². The van der Waals surface area contributed by atoms with E-state index in [0.717, 1.165) is 25.7 Å². The third-order valence-electron chi connectivity index (χ3n) is 2.30. The van der Waals surface area contributed by atoms with E-state index in [1.165, 1.54) is 30.4 Å². The Balaban J connectivity index is 0.000000331. The second-order valence-electron chi connectivity index (χ2n) is 3.50. The largest absolute Gasteiger partial charge is 0.229 e. The highest BCUT2D eigenvalue weighted by Crippen LogP contribution is 2.22. The average molecular weight is 419 g/mol. The number of hydrogen-bond acceptors (Lipinski definition) is 4. The zero-order chi connectivity index (χ0) is 13.9. The van der Waals surface area contributed by atoms with E-state index in [9.17, 15) is 8.42 Å². The molecule has 0 atom stereocenters. The molecule has 0 aromatic heterocycles. The first-order valence-corrected chi connectivity index (χ1v) is 16.2. The molecule has 0 radical (unpaired) electrons. The molecule has 108 valence electrons. The van der Waals surface area contributed by atoms with Crippen LogP contribution in [0.1, 0.15) is 32.1 Å². The molecule has 0 amide bonds. The maximum absolute atomic E-state index is 11.0. The first-order chi connectivity index (χ1) is 8.52. The standard InChI is InChI=1S/C7H14O2S.S8/c1-10(8,9)7-5-3-2-4-6-7;1-3-5-7-8-6-4-2/h7H,2-6H2,1H3;. The third kappa shape index (κ3) is 11.5. The normalized spacial score (nSPS) is 15.6. The van der Waals surface area contributed by atoms with E-state index in [1.807, 2.05) is 0 Å². The molecule has 18 heavy (non-hydrogen) atoms. The molecule has 0 heterocycles. The highest BCUT2D eigenvalue weighted by Gasteiger charge is 2.22. The van der Waals surface area contributed by atoms with Crippen molar-refractivity contribution < 1.29 is 8.42 Å². The summed E-state index contributed by atoms with van der Waals surface area (Å²) in [5.74, 6) is 0. The monoisotopic (exact) mass is 418 g/mol. The van der Waals surface area contributed by atoms with Crippen LogP contribution in [0.3, 0.4) is 0 Å². The molecule has 1 aliphatic rings. The molecule has 0 aliphatic heterocycles. The van der Waals surface area contributed by atoms with Crippen molar-refractivity contribution >= 4 is 85.5 Å². The van der Waals surface area contributed by atoms with Gasteiger partial charge in [-0.1, -0.05) is 19.3 Å². The summed E-state index contributed by atoms with van der Waals surface area (Å²) in [4.78, 5) is 0. The van der Waals surface area contributed by atoms with Crippen LogP contribution in [0.4, 0.5) is 0 Å². The molecule has 0 aromatic carbocycles. The van der Waals surface area contributed by atoms with Gasteiger partial charge in [-0.3, -0.25) is 0 Å². The van der Waals surface area contributed by atoms with Crippen molar-refractivity contribution in [3.05, 3.63) is 0 Å². The Morgan fingerprint density at radius 3 is 1.61 bits per heavy atom. The van der Waals surface area contributed by atoms with Crippen molar-refractivity contribution in [2.75, 3.05) is 6.26 Å². The van der Waals surface area contributed by atoms with Crippen molar-refractivity contribution in [2.24, 2.45) is 0 Å². The van der Waals surface area contributed by atoms with Gasteiger partial charge in [0.05, 0.1) is 5.25 Å². The average Bonchev–Trinajstić information content (AvgIpc) is 2.36. The van der Waals surface area contributed by atoms with Crippen molar-refractivity contribution in [2.45, 2.75) is 37.4 Å². The molecule has 0 N–H and O–H groups in total. The minimum atomic E-state index is -2.73. The fourth-order valence-electron chi connectivity index (χ4n) is 1.54. The van der Waals surface area contributed by atoms with Crippen molar-refractivity contribution in [3.8, 4) is 0 Å². The predicted octanol–water partition coefficient (Wildman–Crippen LogP) is 1.34. The summed E-state index contributed by atoms with van der Waals surface area (Å²) in [5, 5.41) is -0.0266. The summed E-state index contributed by atoms with van der Waals surface area (Å²) < 4.78 is 22.0. The SMILES string of the molecule is CS(=O)(=O)C1CCCCC1.S=S=S=S=S=S=S=S. The first kappa shape index (κ1) is 19.7. The Kier molecular flexibility index (Phi) is 13.6. The highest BCUT2D eigenvalue weighted by molar-refractivity contribution is 8.70. The maximum Gasteiger partial charge on any atom is 0.150 e. The predicted molar refractivity (Wildman–Crippen MR) is 101 cm³/mol. The molecule has 1 aliphatic carbocycles. The van der Waals surface area contributed by atoms with E-state index >= 15 is 0 Å². The quantitative estimate of drug-likeness (QED) is 0.644. The molecule has 0 bridgehead atoms. The molecule has 2 nitrogen and oxygen atoms in total. The van der Waals surface area contributed by atoms with E-state index in [4.69, 9.17) is 0 Å². The summed E-state index contributed by atoms with van der Waals surface area (Å²) in [7, 11) is 6.40. The molecule has 0 saturated heterocycles. The van der Waals surface area contributed by atoms with Gasteiger partial charge in [0, 0.05) is 81.9 Å². The lowest BCUT2D eigenvalue weighted by atomic mass is 10.0. The van der Waals surface area contributed by atoms with E-state index < -0.39 is 9.84 Å². The van der Waals surface area contributed by atoms with Crippen LogP contribution in [0.5, 0.6) is 0 Å². The van der Waals surface area contributed by atoms with Gasteiger partial charge in [0.1, 0.15) is 9.84 Å². The Labute approximate surface area is 136 Å². The van der Waals surface area contributed by atoms with Crippen molar-refractivity contribution in [3.63, 3.8) is 0 Å². The van der Waals surface area contributed by atoms with E-state index in [0.29, 0.717) is 0 Å². The fraction of sp³-hybridized carbons (Fsp3) is 1.00. The smallest absolute Gasteiger partial charge is 0.150 e. The van der Waals surface area contributed by atoms with Crippen LogP contribution in [-0.2, 0) is 85.5 Å². The number of hydrogen-bond donors (Lipinski definition) is 0. The van der Waals surface area contributed by atoms with E-state index in [-0.39, 0.29) is 5.25 Å². The van der Waals surface area contributed by atoms with Gasteiger partial charge in [0.15, 0.2) is 0 Å². The van der Waals surface area contributed by atoms with Gasteiger partial charge in [-0.15, -0.1) is 0 Å². The number of sulfone groups is 1. The summed E-state index contributed by atoms with van der Waals surface area (Å²) >= 11 is 9.21. The molecule has 0 aromatic rings. The minimum absolute atomic E-state index is 0.0266. The van der Waals surface area contributed by atoms with Crippen LogP contribution >= 0.6 is 0 Å². The van der Waals surface area contributed by atoms with E-state index in [2.05, 4.69) is 22.4 Å². The van der Waals surface area contributed by atoms with Gasteiger partial charge in [-0.2, -0.15) is 0 Å². The zero-order valence-corrected chi connectivity index (χ0v) is 17.0. The fourth-order valence-corrected chi connectivity index (χ4v) is 13.7. The molecular weight excluding hydrogens is 405 g/mol. The number of rotatable bonds is 1. The summed E-state index contributed by atoms with van der Waals surface area (Å²) in [6.07, 6.45) is 6.53. The Morgan fingerprint density at radius 2 is 1.33 bits per heavy atom. The maximum atomic E-state index is 11.0. The second kappa shape index (κ2) is 12.5. The lowest BCUT2D eigenvalue weighted by Crippen LogP contribution is -2.22. The summed E-state index contributed by atoms with van der Waals surface area (Å²) in [5.41, 5.74) is 0. The lowest BCUT2D eigenvalue weighted by Gasteiger charge is -2.19. The van der Waals surface area contributed by atoms with Gasteiger partial charge < -0.3 is 0 Å². The molecule has 0 unspecified atom stereocenters. The molecule has 11 heteroatoms. The highest BCUT2D eigenvalue weighted by atomic mass is 33.4. The van der Waals surface area contributed by atoms with Crippen molar-refractivity contribution in [1.82, 2.24) is 0 Å². The molecule has 1 fully saturated rings. The molecule has 0 spiro atoms. The molecule has 1 saturated carbocycles. The Hall–Kier alpha value is 1.71. The zero-order valence-electron chi connectivity index (χ0n) is 9.60. The Bertz CT molecular complexity index is 536. The van der Waals surface area contributed by atoms with Gasteiger partial charge in [0.2, 0.25) is 0 Å². The van der Waals surface area contributed by atoms with Crippen LogP contribution in [0.2, 0.25) is 0 Å². The molecule has 1 rings (SSSR count). The van der Waals surface area contributed by atoms with Crippen LogP contribution in [0.25, 0.3) is 0 Å². The summed E-state index contributed by atoms with van der Waals surface area (Å²) in [6.45, 7) is 0. The summed E-state index contributed by atoms with van der Waals surface area (Å²) in [6, 6.07) is 0. The van der Waals surface area contributed by atoms with E-state index in [1.54, 1.807) is 35.5 Å². The minimum Gasteiger partial charge on any atom is -0.229 e. The van der Waals surface area contributed by atoms with Gasteiger partial charge >= 0.3 is 0 Å². The third-order valence-corrected chi connectivity index (χ3v) is 15.1. The topological polar surface area (TPSA) is 34.1 Å². The second-order valence-corrected chi connectivity index (χ2v) is 16.4. The van der Waals surface area contributed by atoms with Crippen LogP contribution in [0.15, 0.2) is 0 Å². The van der Waals surface area contributed by atoms with Gasteiger partial charge in [-0.05, 0) is 12.8 Å². The van der Waals surface area contributed by atoms with Crippen LogP contribution < -0.4 is 0 Å². The van der Waals surface area contributed by atoms with Crippen LogP contribution in [-0.4, -0.2) is 19.9 Å². The Morgan fingerprint density at radius 1 is 0.889 bits per heavy atom. The lowest BCUT2D eigenvalue weighted by molar-refractivity contribution is 0.486. The molecular formula is C7H14O2S9. The van der Waals surface area contributed by atoms with Crippen LogP contribution in [0, 0.1) is 0 Å². The van der Waals surface area contributed by atoms with Crippen molar-refractivity contribution in [1.29, 1.82) is 0 Å². The first-order valence-electron chi connectivity index (χ1n) is 4.96.